The SMILES string of the molecule is CC[C@@H]1CN(C(C)C)CC=CO1. The molecule has 2 heteroatoms. The lowest BCUT2D eigenvalue weighted by Gasteiger charge is -2.26. The Morgan fingerprint density at radius 3 is 2.92 bits per heavy atom. The van der Waals surface area contributed by atoms with Gasteiger partial charge in [0.25, 0.3) is 0 Å². The molecule has 0 N–H and O–H groups in total. The van der Waals surface area contributed by atoms with Gasteiger partial charge in [0, 0.05) is 19.1 Å². The minimum absolute atomic E-state index is 0.381. The second-order valence-electron chi connectivity index (χ2n) is 3.59. The van der Waals surface area contributed by atoms with E-state index in [-0.39, 0.29) is 0 Å². The van der Waals surface area contributed by atoms with Crippen LogP contribution in [0.1, 0.15) is 27.2 Å². The number of hydrogen-bond donors (Lipinski definition) is 0. The van der Waals surface area contributed by atoms with Crippen LogP contribution in [0.15, 0.2) is 12.3 Å². The molecule has 1 aliphatic rings. The van der Waals surface area contributed by atoms with E-state index in [0.717, 1.165) is 19.5 Å². The molecule has 12 heavy (non-hydrogen) atoms. The van der Waals surface area contributed by atoms with Crippen molar-refractivity contribution in [2.24, 2.45) is 0 Å². The van der Waals surface area contributed by atoms with Gasteiger partial charge in [0.2, 0.25) is 0 Å². The lowest BCUT2D eigenvalue weighted by molar-refractivity contribution is 0.0960. The van der Waals surface area contributed by atoms with Crippen molar-refractivity contribution in [3.63, 3.8) is 0 Å². The minimum Gasteiger partial charge on any atom is -0.497 e. The zero-order chi connectivity index (χ0) is 8.97. The van der Waals surface area contributed by atoms with E-state index >= 15 is 0 Å². The normalized spacial score (nSPS) is 25.5. The molecule has 0 saturated heterocycles. The van der Waals surface area contributed by atoms with Crippen LogP contribution in [0.5, 0.6) is 0 Å². The summed E-state index contributed by atoms with van der Waals surface area (Å²) in [6.07, 6.45) is 5.41. The van der Waals surface area contributed by atoms with Crippen LogP contribution in [0.2, 0.25) is 0 Å². The van der Waals surface area contributed by atoms with Crippen molar-refractivity contribution >= 4 is 0 Å². The molecule has 0 unspecified atom stereocenters. The molecule has 0 aromatic rings. The van der Waals surface area contributed by atoms with Crippen molar-refractivity contribution in [1.29, 1.82) is 0 Å². The van der Waals surface area contributed by atoms with Crippen LogP contribution in [0.25, 0.3) is 0 Å². The largest absolute Gasteiger partial charge is 0.497 e. The van der Waals surface area contributed by atoms with Gasteiger partial charge < -0.3 is 4.74 Å². The molecule has 0 aromatic heterocycles. The van der Waals surface area contributed by atoms with E-state index < -0.39 is 0 Å². The summed E-state index contributed by atoms with van der Waals surface area (Å²) in [4.78, 5) is 2.43. The van der Waals surface area contributed by atoms with Gasteiger partial charge in [-0.1, -0.05) is 6.92 Å². The van der Waals surface area contributed by atoms with Crippen LogP contribution in [-0.2, 0) is 4.74 Å². The Morgan fingerprint density at radius 1 is 1.58 bits per heavy atom. The fourth-order valence-corrected chi connectivity index (χ4v) is 1.37. The van der Waals surface area contributed by atoms with Crippen molar-refractivity contribution in [3.8, 4) is 0 Å². The first-order valence-corrected chi connectivity index (χ1v) is 4.78. The maximum Gasteiger partial charge on any atom is 0.110 e. The zero-order valence-corrected chi connectivity index (χ0v) is 8.29. The second-order valence-corrected chi connectivity index (χ2v) is 3.59. The predicted molar refractivity (Wildman–Crippen MR) is 51.0 cm³/mol. The summed E-state index contributed by atoms with van der Waals surface area (Å²) in [7, 11) is 0. The third-order valence-corrected chi connectivity index (χ3v) is 2.33. The highest BCUT2D eigenvalue weighted by Crippen LogP contribution is 2.09. The molecule has 0 aliphatic carbocycles. The molecule has 0 aromatic carbocycles. The summed E-state index contributed by atoms with van der Waals surface area (Å²) in [5.74, 6) is 0. The molecular weight excluding hydrogens is 150 g/mol. The minimum atomic E-state index is 0.381. The smallest absolute Gasteiger partial charge is 0.110 e. The lowest BCUT2D eigenvalue weighted by atomic mass is 10.2. The van der Waals surface area contributed by atoms with Gasteiger partial charge in [0.15, 0.2) is 0 Å². The van der Waals surface area contributed by atoms with Crippen molar-refractivity contribution in [1.82, 2.24) is 4.90 Å². The molecular formula is C10H19NO. The van der Waals surface area contributed by atoms with Crippen LogP contribution in [0.3, 0.4) is 0 Å². The molecule has 1 aliphatic heterocycles. The van der Waals surface area contributed by atoms with Crippen molar-refractivity contribution in [2.45, 2.75) is 39.3 Å². The number of ether oxygens (including phenoxy) is 1. The average molecular weight is 169 g/mol. The first kappa shape index (κ1) is 9.59. The monoisotopic (exact) mass is 169 g/mol. The Morgan fingerprint density at radius 2 is 2.33 bits per heavy atom. The first-order valence-electron chi connectivity index (χ1n) is 4.78. The maximum atomic E-state index is 5.51. The van der Waals surface area contributed by atoms with Crippen molar-refractivity contribution < 1.29 is 4.74 Å². The summed E-state index contributed by atoms with van der Waals surface area (Å²) in [5.41, 5.74) is 0. The van der Waals surface area contributed by atoms with Crippen LogP contribution in [0.4, 0.5) is 0 Å². The Kier molecular flexibility index (Phi) is 3.60. The van der Waals surface area contributed by atoms with Gasteiger partial charge in [0.05, 0.1) is 6.26 Å². The zero-order valence-electron chi connectivity index (χ0n) is 8.29. The van der Waals surface area contributed by atoms with Gasteiger partial charge in [0.1, 0.15) is 6.10 Å². The molecule has 2 nitrogen and oxygen atoms in total. The molecule has 0 radical (unpaired) electrons. The number of nitrogens with zero attached hydrogens (tertiary/aromatic N) is 1. The second kappa shape index (κ2) is 4.51. The quantitative estimate of drug-likeness (QED) is 0.627. The van der Waals surface area contributed by atoms with Gasteiger partial charge in [-0.15, -0.1) is 0 Å². The molecule has 1 atom stereocenters. The van der Waals surface area contributed by atoms with Crippen LogP contribution in [-0.4, -0.2) is 30.1 Å². The summed E-state index contributed by atoms with van der Waals surface area (Å²) in [6.45, 7) is 8.70. The van der Waals surface area contributed by atoms with E-state index in [1.807, 2.05) is 6.26 Å². The van der Waals surface area contributed by atoms with Gasteiger partial charge in [-0.25, -0.2) is 0 Å². The fourth-order valence-electron chi connectivity index (χ4n) is 1.37. The molecule has 0 fully saturated rings. The third kappa shape index (κ3) is 2.52. The van der Waals surface area contributed by atoms with E-state index in [0.29, 0.717) is 12.1 Å². The van der Waals surface area contributed by atoms with E-state index in [4.69, 9.17) is 4.74 Å². The summed E-state index contributed by atoms with van der Waals surface area (Å²) >= 11 is 0. The topological polar surface area (TPSA) is 12.5 Å². The van der Waals surface area contributed by atoms with Crippen LogP contribution in [0, 0.1) is 0 Å². The van der Waals surface area contributed by atoms with Gasteiger partial charge in [-0.3, -0.25) is 4.90 Å². The summed E-state index contributed by atoms with van der Waals surface area (Å²) in [6, 6.07) is 0.616. The van der Waals surface area contributed by atoms with Gasteiger partial charge >= 0.3 is 0 Å². The van der Waals surface area contributed by atoms with Crippen LogP contribution < -0.4 is 0 Å². The predicted octanol–water partition coefficient (Wildman–Crippen LogP) is 2.02. The van der Waals surface area contributed by atoms with Gasteiger partial charge in [-0.05, 0) is 26.3 Å². The molecule has 0 bridgehead atoms. The van der Waals surface area contributed by atoms with E-state index in [2.05, 4.69) is 31.7 Å². The first-order chi connectivity index (χ1) is 5.74. The Labute approximate surface area is 75.2 Å². The maximum absolute atomic E-state index is 5.51. The summed E-state index contributed by atoms with van der Waals surface area (Å²) in [5, 5.41) is 0. The standard InChI is InChI=1S/C10H19NO/c1-4-10-8-11(9(2)3)6-5-7-12-10/h5,7,9-10H,4,6,8H2,1-3H3/t10-/m1/s1. The van der Waals surface area contributed by atoms with E-state index in [1.54, 1.807) is 0 Å². The summed E-state index contributed by atoms with van der Waals surface area (Å²) < 4.78 is 5.51. The average Bonchev–Trinajstić information content (AvgIpc) is 2.28. The number of hydrogen-bond acceptors (Lipinski definition) is 2. The Hall–Kier alpha value is -0.500. The highest BCUT2D eigenvalue weighted by atomic mass is 16.5. The molecule has 0 spiro atoms. The fraction of sp³-hybridized carbons (Fsp3) is 0.800. The lowest BCUT2D eigenvalue weighted by Crippen LogP contribution is -2.36. The highest BCUT2D eigenvalue weighted by Gasteiger charge is 2.16. The van der Waals surface area contributed by atoms with Gasteiger partial charge in [-0.2, -0.15) is 0 Å². The van der Waals surface area contributed by atoms with Crippen molar-refractivity contribution in [2.75, 3.05) is 13.1 Å². The number of rotatable bonds is 2. The Balaban J connectivity index is 2.49. The molecule has 0 amide bonds. The van der Waals surface area contributed by atoms with E-state index in [1.165, 1.54) is 0 Å². The molecule has 1 heterocycles. The molecule has 0 saturated carbocycles. The van der Waals surface area contributed by atoms with E-state index in [9.17, 15) is 0 Å². The highest BCUT2D eigenvalue weighted by molar-refractivity contribution is 4.85. The Bertz CT molecular complexity index is 154. The molecule has 70 valence electrons. The molecule has 1 rings (SSSR count). The van der Waals surface area contributed by atoms with Crippen molar-refractivity contribution in [3.05, 3.63) is 12.3 Å². The third-order valence-electron chi connectivity index (χ3n) is 2.33. The van der Waals surface area contributed by atoms with Crippen LogP contribution >= 0.6 is 0 Å².